The Labute approximate surface area is 107 Å². The molecule has 0 atom stereocenters. The normalized spacial score (nSPS) is 15.2. The minimum absolute atomic E-state index is 0.0671. The van der Waals surface area contributed by atoms with E-state index < -0.39 is 0 Å². The number of rotatable bonds is 2. The van der Waals surface area contributed by atoms with Crippen LogP contribution in [0.1, 0.15) is 12.8 Å². The minimum atomic E-state index is -0.241. The van der Waals surface area contributed by atoms with Crippen molar-refractivity contribution in [2.75, 3.05) is 18.8 Å². The van der Waals surface area contributed by atoms with Crippen LogP contribution in [-0.4, -0.2) is 28.5 Å². The summed E-state index contributed by atoms with van der Waals surface area (Å²) in [6.45, 7) is 1.88. The summed E-state index contributed by atoms with van der Waals surface area (Å²) in [4.78, 5) is 25.1. The zero-order chi connectivity index (χ0) is 12.4. The highest BCUT2D eigenvalue weighted by Crippen LogP contribution is 2.10. The van der Waals surface area contributed by atoms with Crippen LogP contribution >= 0.6 is 15.9 Å². The average molecular weight is 300 g/mol. The van der Waals surface area contributed by atoms with E-state index in [1.807, 2.05) is 4.90 Å². The summed E-state index contributed by atoms with van der Waals surface area (Å²) in [5, 5.41) is 0. The molecule has 0 spiro atoms. The molecule has 1 amide bonds. The Morgan fingerprint density at radius 2 is 2.00 bits per heavy atom. The first-order chi connectivity index (χ1) is 8.08. The van der Waals surface area contributed by atoms with Gasteiger partial charge in [-0.3, -0.25) is 9.59 Å². The molecule has 1 aliphatic rings. The Morgan fingerprint density at radius 3 is 2.59 bits per heavy atom. The molecule has 2 rings (SSSR count). The van der Waals surface area contributed by atoms with Gasteiger partial charge in [0.15, 0.2) is 0 Å². The van der Waals surface area contributed by atoms with Crippen molar-refractivity contribution in [3.8, 4) is 0 Å². The van der Waals surface area contributed by atoms with Crippen molar-refractivity contribution >= 4 is 27.5 Å². The SMILES string of the molecule is Nc1cn(CC(=O)N2CCCC2)cc(Br)c1=O. The van der Waals surface area contributed by atoms with Crippen LogP contribution in [-0.2, 0) is 11.3 Å². The van der Waals surface area contributed by atoms with Crippen LogP contribution in [0.3, 0.4) is 0 Å². The van der Waals surface area contributed by atoms with E-state index in [1.54, 1.807) is 10.8 Å². The van der Waals surface area contributed by atoms with E-state index >= 15 is 0 Å². The number of nitrogen functional groups attached to an aromatic ring is 1. The third-order valence-corrected chi connectivity index (χ3v) is 3.40. The number of carbonyl (C=O) groups is 1. The van der Waals surface area contributed by atoms with Gasteiger partial charge in [0.25, 0.3) is 0 Å². The maximum absolute atomic E-state index is 11.9. The number of aromatic nitrogens is 1. The number of anilines is 1. The monoisotopic (exact) mass is 299 g/mol. The van der Waals surface area contributed by atoms with Crippen molar-refractivity contribution in [3.05, 3.63) is 27.1 Å². The topological polar surface area (TPSA) is 68.3 Å². The molecule has 1 aromatic heterocycles. The van der Waals surface area contributed by atoms with E-state index in [1.165, 1.54) is 6.20 Å². The molecule has 2 N–H and O–H groups in total. The van der Waals surface area contributed by atoms with Crippen molar-refractivity contribution in [1.82, 2.24) is 9.47 Å². The summed E-state index contributed by atoms with van der Waals surface area (Å²) in [5.74, 6) is 0.0671. The molecule has 1 fully saturated rings. The molecule has 0 aromatic carbocycles. The van der Waals surface area contributed by atoms with E-state index in [0.29, 0.717) is 4.47 Å². The Morgan fingerprint density at radius 1 is 1.35 bits per heavy atom. The van der Waals surface area contributed by atoms with Crippen molar-refractivity contribution in [2.45, 2.75) is 19.4 Å². The number of likely N-dealkylation sites (tertiary alicyclic amines) is 1. The van der Waals surface area contributed by atoms with Gasteiger partial charge in [-0.1, -0.05) is 0 Å². The smallest absolute Gasteiger partial charge is 0.242 e. The molecule has 17 heavy (non-hydrogen) atoms. The number of hydrogen-bond donors (Lipinski definition) is 1. The van der Waals surface area contributed by atoms with Crippen LogP contribution in [0.25, 0.3) is 0 Å². The first kappa shape index (κ1) is 12.2. The first-order valence-electron chi connectivity index (χ1n) is 5.51. The van der Waals surface area contributed by atoms with E-state index in [-0.39, 0.29) is 23.6 Å². The Balaban J connectivity index is 2.13. The lowest BCUT2D eigenvalue weighted by atomic mass is 10.4. The third-order valence-electron chi connectivity index (χ3n) is 2.84. The Bertz CT molecular complexity index is 466. The third kappa shape index (κ3) is 2.69. The van der Waals surface area contributed by atoms with E-state index in [0.717, 1.165) is 25.9 Å². The highest BCUT2D eigenvalue weighted by atomic mass is 79.9. The summed E-state index contributed by atoms with van der Waals surface area (Å²) < 4.78 is 2.02. The van der Waals surface area contributed by atoms with Gasteiger partial charge in [0.05, 0.1) is 10.2 Å². The van der Waals surface area contributed by atoms with Crippen molar-refractivity contribution in [2.24, 2.45) is 0 Å². The highest BCUT2D eigenvalue weighted by Gasteiger charge is 2.18. The first-order valence-corrected chi connectivity index (χ1v) is 6.30. The second-order valence-corrected chi connectivity index (χ2v) is 5.01. The van der Waals surface area contributed by atoms with Crippen molar-refractivity contribution in [3.63, 3.8) is 0 Å². The molecule has 0 aliphatic carbocycles. The average Bonchev–Trinajstić information content (AvgIpc) is 2.79. The quantitative estimate of drug-likeness (QED) is 0.879. The van der Waals surface area contributed by atoms with Gasteiger partial charge in [-0.2, -0.15) is 0 Å². The van der Waals surface area contributed by atoms with Gasteiger partial charge in [-0.05, 0) is 28.8 Å². The predicted octanol–water partition coefficient (Wildman–Crippen LogP) is 0.815. The number of halogens is 1. The van der Waals surface area contributed by atoms with E-state index in [4.69, 9.17) is 5.73 Å². The van der Waals surface area contributed by atoms with Crippen LogP contribution in [0, 0.1) is 0 Å². The number of nitrogens with zero attached hydrogens (tertiary/aromatic N) is 2. The lowest BCUT2D eigenvalue weighted by Gasteiger charge is -2.16. The fourth-order valence-corrected chi connectivity index (χ4v) is 2.42. The van der Waals surface area contributed by atoms with Gasteiger partial charge in [-0.15, -0.1) is 0 Å². The molecule has 5 nitrogen and oxygen atoms in total. The van der Waals surface area contributed by atoms with Gasteiger partial charge in [0.2, 0.25) is 11.3 Å². The molecule has 2 heterocycles. The fourth-order valence-electron chi connectivity index (χ4n) is 1.93. The second kappa shape index (κ2) is 4.91. The molecule has 0 saturated carbocycles. The molecule has 0 bridgehead atoms. The second-order valence-electron chi connectivity index (χ2n) is 4.15. The van der Waals surface area contributed by atoms with Gasteiger partial charge in [0, 0.05) is 25.5 Å². The molecular formula is C11H14BrN3O2. The van der Waals surface area contributed by atoms with Gasteiger partial charge in [-0.25, -0.2) is 0 Å². The molecule has 1 saturated heterocycles. The molecule has 6 heteroatoms. The molecule has 0 radical (unpaired) electrons. The van der Waals surface area contributed by atoms with Gasteiger partial charge < -0.3 is 15.2 Å². The summed E-state index contributed by atoms with van der Waals surface area (Å²) in [5.41, 5.74) is 5.47. The van der Waals surface area contributed by atoms with E-state index in [9.17, 15) is 9.59 Å². The van der Waals surface area contributed by atoms with E-state index in [2.05, 4.69) is 15.9 Å². The number of nitrogens with two attached hydrogens (primary N) is 1. The largest absolute Gasteiger partial charge is 0.394 e. The number of pyridine rings is 1. The number of hydrogen-bond acceptors (Lipinski definition) is 3. The molecular weight excluding hydrogens is 286 g/mol. The number of amides is 1. The zero-order valence-electron chi connectivity index (χ0n) is 9.36. The van der Waals surface area contributed by atoms with Crippen LogP contribution in [0.5, 0.6) is 0 Å². The lowest BCUT2D eigenvalue weighted by Crippen LogP contribution is -2.31. The maximum Gasteiger partial charge on any atom is 0.242 e. The van der Waals surface area contributed by atoms with Gasteiger partial charge >= 0.3 is 0 Å². The maximum atomic E-state index is 11.9. The van der Waals surface area contributed by atoms with Crippen LogP contribution in [0.2, 0.25) is 0 Å². The zero-order valence-corrected chi connectivity index (χ0v) is 10.9. The molecule has 0 unspecified atom stereocenters. The fraction of sp³-hybridized carbons (Fsp3) is 0.455. The molecule has 1 aromatic rings. The lowest BCUT2D eigenvalue weighted by molar-refractivity contribution is -0.130. The van der Waals surface area contributed by atoms with Crippen molar-refractivity contribution < 1.29 is 4.79 Å². The van der Waals surface area contributed by atoms with Gasteiger partial charge in [0.1, 0.15) is 6.54 Å². The predicted molar refractivity (Wildman–Crippen MR) is 68.6 cm³/mol. The molecule has 92 valence electrons. The summed E-state index contributed by atoms with van der Waals surface area (Å²) >= 11 is 3.13. The molecule has 1 aliphatic heterocycles. The summed E-state index contributed by atoms with van der Waals surface area (Å²) in [7, 11) is 0. The number of carbonyl (C=O) groups excluding carboxylic acids is 1. The highest BCUT2D eigenvalue weighted by molar-refractivity contribution is 9.10. The van der Waals surface area contributed by atoms with Crippen LogP contribution < -0.4 is 11.2 Å². The minimum Gasteiger partial charge on any atom is -0.394 e. The standard InChI is InChI=1S/C11H14BrN3O2/c12-8-5-14(6-9(13)11(8)17)7-10(16)15-3-1-2-4-15/h5-6H,1-4,7,13H2. The summed E-state index contributed by atoms with van der Waals surface area (Å²) in [6.07, 6.45) is 5.23. The Hall–Kier alpha value is -1.30. The van der Waals surface area contributed by atoms with Crippen LogP contribution in [0.4, 0.5) is 5.69 Å². The van der Waals surface area contributed by atoms with Crippen molar-refractivity contribution in [1.29, 1.82) is 0 Å². The Kier molecular flexibility index (Phi) is 3.51. The summed E-state index contributed by atoms with van der Waals surface area (Å²) in [6, 6.07) is 0. The van der Waals surface area contributed by atoms with Crippen LogP contribution in [0.15, 0.2) is 21.7 Å².